The number of benzene rings is 2. The number of amides is 4. The number of urea groups is 1. The van der Waals surface area contributed by atoms with Crippen LogP contribution in [0.1, 0.15) is 37.7 Å². The van der Waals surface area contributed by atoms with Gasteiger partial charge in [0.05, 0.1) is 0 Å². The summed E-state index contributed by atoms with van der Waals surface area (Å²) in [5.41, 5.74) is 1.00. The molecule has 2 aromatic carbocycles. The third kappa shape index (κ3) is 4.15. The Morgan fingerprint density at radius 3 is 2.53 bits per heavy atom. The number of carbonyl (C=O) groups is 3. The molecule has 1 aliphatic carbocycles. The molecule has 1 saturated heterocycles. The Morgan fingerprint density at radius 1 is 1.10 bits per heavy atom. The largest absolute Gasteiger partial charge is 0.457 e. The van der Waals surface area contributed by atoms with Crippen LogP contribution in [-0.2, 0) is 9.59 Å². The monoisotopic (exact) mass is 407 g/mol. The molecule has 0 unspecified atom stereocenters. The first-order valence-corrected chi connectivity index (χ1v) is 10.2. The molecule has 2 N–H and O–H groups in total. The molecule has 7 heteroatoms. The summed E-state index contributed by atoms with van der Waals surface area (Å²) in [6.45, 7) is 2.07. The molecule has 4 rings (SSSR count). The van der Waals surface area contributed by atoms with Gasteiger partial charge in [-0.2, -0.15) is 0 Å². The SMILES string of the molecule is Cc1cccc(Oc2ccc(NC(=O)CCN3C(=O)NC4(CCCC4)C3=O)cc2)c1. The van der Waals surface area contributed by atoms with Gasteiger partial charge in [0.15, 0.2) is 0 Å². The summed E-state index contributed by atoms with van der Waals surface area (Å²) in [6, 6.07) is 14.4. The number of aryl methyl sites for hydroxylation is 1. The minimum atomic E-state index is -0.735. The van der Waals surface area contributed by atoms with Crippen molar-refractivity contribution in [1.29, 1.82) is 0 Å². The molecule has 7 nitrogen and oxygen atoms in total. The maximum Gasteiger partial charge on any atom is 0.325 e. The van der Waals surface area contributed by atoms with Crippen LogP contribution in [0.2, 0.25) is 0 Å². The standard InChI is InChI=1S/C23H25N3O4/c1-16-5-4-6-19(15-16)30-18-9-7-17(8-10-18)24-20(27)11-14-26-21(28)23(25-22(26)29)12-2-3-13-23/h4-10,15H,2-3,11-14H2,1H3,(H,24,27)(H,25,29). The summed E-state index contributed by atoms with van der Waals surface area (Å²) in [4.78, 5) is 38.3. The predicted octanol–water partition coefficient (Wildman–Crippen LogP) is 3.98. The quantitative estimate of drug-likeness (QED) is 0.709. The lowest BCUT2D eigenvalue weighted by atomic mass is 9.98. The van der Waals surface area contributed by atoms with Crippen molar-refractivity contribution in [3.05, 3.63) is 54.1 Å². The van der Waals surface area contributed by atoms with E-state index in [1.807, 2.05) is 31.2 Å². The normalized spacial score (nSPS) is 17.3. The molecule has 1 aliphatic heterocycles. The van der Waals surface area contributed by atoms with E-state index >= 15 is 0 Å². The van der Waals surface area contributed by atoms with Gasteiger partial charge in [-0.3, -0.25) is 14.5 Å². The predicted molar refractivity (Wildman–Crippen MR) is 112 cm³/mol. The number of imide groups is 1. The molecule has 156 valence electrons. The minimum Gasteiger partial charge on any atom is -0.457 e. The number of hydrogen-bond donors (Lipinski definition) is 2. The van der Waals surface area contributed by atoms with E-state index in [0.717, 1.165) is 24.2 Å². The summed E-state index contributed by atoms with van der Waals surface area (Å²) in [6.07, 6.45) is 3.28. The molecule has 0 radical (unpaired) electrons. The van der Waals surface area contributed by atoms with Crippen LogP contribution in [0.4, 0.5) is 10.5 Å². The molecule has 4 amide bonds. The molecule has 2 fully saturated rings. The van der Waals surface area contributed by atoms with Crippen molar-refractivity contribution in [3.63, 3.8) is 0 Å². The molecule has 30 heavy (non-hydrogen) atoms. The minimum absolute atomic E-state index is 0.0524. The number of anilines is 1. The number of carbonyl (C=O) groups excluding carboxylic acids is 3. The van der Waals surface area contributed by atoms with Crippen LogP contribution in [0.5, 0.6) is 11.5 Å². The summed E-state index contributed by atoms with van der Waals surface area (Å²) in [7, 11) is 0. The van der Waals surface area contributed by atoms with E-state index in [2.05, 4.69) is 10.6 Å². The molecule has 0 bridgehead atoms. The highest BCUT2D eigenvalue weighted by molar-refractivity contribution is 6.07. The first-order chi connectivity index (χ1) is 14.4. The van der Waals surface area contributed by atoms with Crippen LogP contribution in [0.25, 0.3) is 0 Å². The van der Waals surface area contributed by atoms with Crippen LogP contribution in [-0.4, -0.2) is 34.8 Å². The fourth-order valence-corrected chi connectivity index (χ4v) is 4.05. The van der Waals surface area contributed by atoms with E-state index in [4.69, 9.17) is 4.74 Å². The van der Waals surface area contributed by atoms with Gasteiger partial charge in [0.1, 0.15) is 17.0 Å². The van der Waals surface area contributed by atoms with Gasteiger partial charge in [0, 0.05) is 18.7 Å². The Morgan fingerprint density at radius 2 is 1.83 bits per heavy atom. The average Bonchev–Trinajstić information content (AvgIpc) is 3.27. The number of rotatable bonds is 6. The van der Waals surface area contributed by atoms with E-state index in [1.54, 1.807) is 24.3 Å². The van der Waals surface area contributed by atoms with Crippen LogP contribution >= 0.6 is 0 Å². The fraction of sp³-hybridized carbons (Fsp3) is 0.348. The molecule has 1 spiro atoms. The number of hydrogen-bond acceptors (Lipinski definition) is 4. The second-order valence-corrected chi connectivity index (χ2v) is 7.92. The molecule has 2 aromatic rings. The van der Waals surface area contributed by atoms with Crippen molar-refractivity contribution < 1.29 is 19.1 Å². The number of nitrogens with one attached hydrogen (secondary N) is 2. The van der Waals surface area contributed by atoms with E-state index in [0.29, 0.717) is 24.3 Å². The zero-order valence-corrected chi connectivity index (χ0v) is 16.9. The summed E-state index contributed by atoms with van der Waals surface area (Å²) in [5.74, 6) is 0.964. The smallest absolute Gasteiger partial charge is 0.325 e. The van der Waals surface area contributed by atoms with Crippen LogP contribution < -0.4 is 15.4 Å². The van der Waals surface area contributed by atoms with Gasteiger partial charge < -0.3 is 15.4 Å². The zero-order chi connectivity index (χ0) is 21.1. The second-order valence-electron chi connectivity index (χ2n) is 7.92. The summed E-state index contributed by atoms with van der Waals surface area (Å²) < 4.78 is 5.80. The number of nitrogens with zero attached hydrogens (tertiary/aromatic N) is 1. The summed E-state index contributed by atoms with van der Waals surface area (Å²) >= 11 is 0. The molecular weight excluding hydrogens is 382 g/mol. The first kappa shape index (κ1) is 19.9. The highest BCUT2D eigenvalue weighted by Crippen LogP contribution is 2.35. The van der Waals surface area contributed by atoms with Crippen molar-refractivity contribution >= 4 is 23.5 Å². The van der Waals surface area contributed by atoms with Crippen molar-refractivity contribution in [1.82, 2.24) is 10.2 Å². The van der Waals surface area contributed by atoms with Gasteiger partial charge in [-0.1, -0.05) is 25.0 Å². The lowest BCUT2D eigenvalue weighted by Crippen LogP contribution is -2.44. The van der Waals surface area contributed by atoms with Gasteiger partial charge in [-0.05, 0) is 61.7 Å². The molecule has 1 saturated carbocycles. The topological polar surface area (TPSA) is 87.7 Å². The van der Waals surface area contributed by atoms with Crippen molar-refractivity contribution in [2.24, 2.45) is 0 Å². The fourth-order valence-electron chi connectivity index (χ4n) is 4.05. The Kier molecular flexibility index (Phi) is 5.44. The lowest BCUT2D eigenvalue weighted by molar-refractivity contribution is -0.131. The molecule has 0 atom stereocenters. The Balaban J connectivity index is 1.29. The highest BCUT2D eigenvalue weighted by Gasteiger charge is 2.52. The Labute approximate surface area is 175 Å². The van der Waals surface area contributed by atoms with E-state index in [1.165, 1.54) is 4.90 Å². The highest BCUT2D eigenvalue weighted by atomic mass is 16.5. The molecular formula is C23H25N3O4. The Hall–Kier alpha value is -3.35. The third-order valence-electron chi connectivity index (χ3n) is 5.63. The van der Waals surface area contributed by atoms with Crippen LogP contribution in [0.3, 0.4) is 0 Å². The maximum absolute atomic E-state index is 12.6. The summed E-state index contributed by atoms with van der Waals surface area (Å²) in [5, 5.41) is 5.62. The first-order valence-electron chi connectivity index (χ1n) is 10.2. The van der Waals surface area contributed by atoms with E-state index in [9.17, 15) is 14.4 Å². The molecule has 1 heterocycles. The van der Waals surface area contributed by atoms with Gasteiger partial charge in [-0.15, -0.1) is 0 Å². The molecule has 2 aliphatic rings. The van der Waals surface area contributed by atoms with Crippen molar-refractivity contribution in [2.45, 2.75) is 44.6 Å². The van der Waals surface area contributed by atoms with Crippen LogP contribution in [0.15, 0.2) is 48.5 Å². The number of ether oxygens (including phenoxy) is 1. The average molecular weight is 407 g/mol. The van der Waals surface area contributed by atoms with Gasteiger partial charge in [-0.25, -0.2) is 4.79 Å². The zero-order valence-electron chi connectivity index (χ0n) is 16.9. The lowest BCUT2D eigenvalue weighted by Gasteiger charge is -2.19. The van der Waals surface area contributed by atoms with E-state index < -0.39 is 11.6 Å². The van der Waals surface area contributed by atoms with Crippen molar-refractivity contribution in [2.75, 3.05) is 11.9 Å². The second kappa shape index (κ2) is 8.18. The maximum atomic E-state index is 12.6. The van der Waals surface area contributed by atoms with Gasteiger partial charge >= 0.3 is 6.03 Å². The Bertz CT molecular complexity index is 965. The van der Waals surface area contributed by atoms with Crippen molar-refractivity contribution in [3.8, 4) is 11.5 Å². The van der Waals surface area contributed by atoms with Gasteiger partial charge in [0.2, 0.25) is 5.91 Å². The third-order valence-corrected chi connectivity index (χ3v) is 5.63. The van der Waals surface area contributed by atoms with E-state index in [-0.39, 0.29) is 24.8 Å². The van der Waals surface area contributed by atoms with Gasteiger partial charge in [0.25, 0.3) is 5.91 Å². The molecule has 0 aromatic heterocycles. The van der Waals surface area contributed by atoms with Crippen LogP contribution in [0, 0.1) is 6.92 Å².